The van der Waals surface area contributed by atoms with Crippen LogP contribution >= 0.6 is 0 Å². The topological polar surface area (TPSA) is 88.5 Å². The monoisotopic (exact) mass is 468 g/mol. The Labute approximate surface area is 200 Å². The van der Waals surface area contributed by atoms with E-state index in [2.05, 4.69) is 0 Å². The Morgan fingerprint density at radius 2 is 1.68 bits per heavy atom. The number of carbonyl (C=O) groups excluding carboxylic acids is 2. The van der Waals surface area contributed by atoms with Gasteiger partial charge in [-0.25, -0.2) is 0 Å². The maximum absolute atomic E-state index is 13.3. The lowest BCUT2D eigenvalue weighted by molar-refractivity contribution is -0.140. The van der Waals surface area contributed by atoms with E-state index >= 15 is 0 Å². The number of ketones is 1. The van der Waals surface area contributed by atoms with E-state index in [0.717, 1.165) is 12.1 Å². The minimum atomic E-state index is -0.824. The van der Waals surface area contributed by atoms with Crippen LogP contribution in [0.5, 0.6) is 17.2 Å². The van der Waals surface area contributed by atoms with Gasteiger partial charge in [0.2, 0.25) is 0 Å². The molecule has 1 aliphatic rings. The van der Waals surface area contributed by atoms with Crippen molar-refractivity contribution in [3.8, 4) is 17.2 Å². The molecule has 0 radical (unpaired) electrons. The van der Waals surface area contributed by atoms with Crippen molar-refractivity contribution in [3.05, 3.63) is 58.7 Å². The molecule has 0 saturated carbocycles. The second kappa shape index (κ2) is 10.6. The summed E-state index contributed by atoms with van der Waals surface area (Å²) < 4.78 is 16.3. The second-order valence-electron chi connectivity index (χ2n) is 8.44. The number of aliphatic hydroxyl groups is 1. The van der Waals surface area contributed by atoms with Crippen LogP contribution in [0.3, 0.4) is 0 Å². The van der Waals surface area contributed by atoms with Gasteiger partial charge in [-0.1, -0.05) is 0 Å². The molecule has 34 heavy (non-hydrogen) atoms. The van der Waals surface area contributed by atoms with Gasteiger partial charge in [0.25, 0.3) is 11.7 Å². The molecule has 1 aliphatic heterocycles. The lowest BCUT2D eigenvalue weighted by atomic mass is 9.94. The first-order chi connectivity index (χ1) is 16.2. The number of hydrogen-bond acceptors (Lipinski definition) is 7. The molecule has 1 atom stereocenters. The van der Waals surface area contributed by atoms with Crippen LogP contribution in [0, 0.1) is 6.92 Å². The zero-order chi connectivity index (χ0) is 25.0. The highest BCUT2D eigenvalue weighted by Gasteiger charge is 2.47. The van der Waals surface area contributed by atoms with Gasteiger partial charge < -0.3 is 29.1 Å². The SMILES string of the molecule is COc1ccc(OC)c([C@H]2C(=C(O)c3ccc(OC)c(C)c3)C(=O)C(=O)N2CCCN(C)C)c1. The smallest absolute Gasteiger partial charge is 0.295 e. The van der Waals surface area contributed by atoms with Crippen LogP contribution in [0.4, 0.5) is 0 Å². The van der Waals surface area contributed by atoms with Gasteiger partial charge in [0.1, 0.15) is 23.0 Å². The number of hydrogen-bond donors (Lipinski definition) is 1. The molecule has 1 saturated heterocycles. The van der Waals surface area contributed by atoms with E-state index in [1.54, 1.807) is 50.6 Å². The standard InChI is InChI=1S/C26H32N2O6/c1-16-14-17(8-10-20(16)33-5)24(29)22-23(19-15-18(32-4)9-11-21(19)34-6)28(26(31)25(22)30)13-7-12-27(2)3/h8-11,14-15,23,29H,7,12-13H2,1-6H3/t23-/m0/s1. The van der Waals surface area contributed by atoms with Gasteiger partial charge in [0.05, 0.1) is 32.9 Å². The number of aryl methyl sites for hydroxylation is 1. The minimum Gasteiger partial charge on any atom is -0.507 e. The third-order valence-corrected chi connectivity index (χ3v) is 5.94. The summed E-state index contributed by atoms with van der Waals surface area (Å²) in [6.45, 7) is 2.92. The van der Waals surface area contributed by atoms with E-state index in [0.29, 0.717) is 41.3 Å². The summed E-state index contributed by atoms with van der Waals surface area (Å²) in [6, 6.07) is 9.50. The molecule has 0 aliphatic carbocycles. The van der Waals surface area contributed by atoms with Crippen molar-refractivity contribution >= 4 is 17.4 Å². The average Bonchev–Trinajstić information content (AvgIpc) is 3.07. The Balaban J connectivity index is 2.20. The van der Waals surface area contributed by atoms with Crippen LogP contribution in [0.2, 0.25) is 0 Å². The normalized spacial score (nSPS) is 17.4. The van der Waals surface area contributed by atoms with Crippen LogP contribution in [-0.4, -0.2) is 75.1 Å². The molecular weight excluding hydrogens is 436 g/mol. The molecule has 1 amide bonds. The highest BCUT2D eigenvalue weighted by Crippen LogP contribution is 2.44. The number of nitrogens with zero attached hydrogens (tertiary/aromatic N) is 2. The summed E-state index contributed by atoms with van der Waals surface area (Å²) in [5.74, 6) is 0.0731. The van der Waals surface area contributed by atoms with E-state index in [-0.39, 0.29) is 11.3 Å². The van der Waals surface area contributed by atoms with Gasteiger partial charge in [-0.3, -0.25) is 9.59 Å². The van der Waals surface area contributed by atoms with Crippen molar-refractivity contribution in [2.45, 2.75) is 19.4 Å². The molecule has 8 nitrogen and oxygen atoms in total. The third kappa shape index (κ3) is 4.87. The molecule has 1 N–H and O–H groups in total. The largest absolute Gasteiger partial charge is 0.507 e. The predicted octanol–water partition coefficient (Wildman–Crippen LogP) is 3.39. The highest BCUT2D eigenvalue weighted by molar-refractivity contribution is 6.46. The molecule has 1 fully saturated rings. The molecule has 0 bridgehead atoms. The Morgan fingerprint density at radius 3 is 2.26 bits per heavy atom. The fraction of sp³-hybridized carbons (Fsp3) is 0.385. The Hall–Kier alpha value is -3.52. The summed E-state index contributed by atoms with van der Waals surface area (Å²) in [5.41, 5.74) is 1.81. The Bertz CT molecular complexity index is 1110. The van der Waals surface area contributed by atoms with Crippen LogP contribution in [0.15, 0.2) is 42.0 Å². The zero-order valence-electron chi connectivity index (χ0n) is 20.5. The van der Waals surface area contributed by atoms with Gasteiger partial charge in [0.15, 0.2) is 0 Å². The average molecular weight is 469 g/mol. The third-order valence-electron chi connectivity index (χ3n) is 5.94. The highest BCUT2D eigenvalue weighted by atomic mass is 16.5. The van der Waals surface area contributed by atoms with Crippen molar-refractivity contribution in [2.75, 3.05) is 48.5 Å². The molecule has 0 aromatic heterocycles. The summed E-state index contributed by atoms with van der Waals surface area (Å²) in [5, 5.41) is 11.3. The molecule has 182 valence electrons. The summed E-state index contributed by atoms with van der Waals surface area (Å²) in [6.07, 6.45) is 0.657. The fourth-order valence-corrected chi connectivity index (χ4v) is 4.23. The van der Waals surface area contributed by atoms with Gasteiger partial charge >= 0.3 is 0 Å². The summed E-state index contributed by atoms with van der Waals surface area (Å²) >= 11 is 0. The summed E-state index contributed by atoms with van der Waals surface area (Å²) in [4.78, 5) is 29.9. The quantitative estimate of drug-likeness (QED) is 0.343. The molecule has 2 aromatic rings. The van der Waals surface area contributed by atoms with Crippen LogP contribution in [0.1, 0.15) is 29.2 Å². The van der Waals surface area contributed by atoms with Crippen LogP contribution in [-0.2, 0) is 9.59 Å². The summed E-state index contributed by atoms with van der Waals surface area (Å²) in [7, 11) is 8.53. The van der Waals surface area contributed by atoms with Gasteiger partial charge in [-0.2, -0.15) is 0 Å². The van der Waals surface area contributed by atoms with Crippen molar-refractivity contribution in [3.63, 3.8) is 0 Å². The van der Waals surface area contributed by atoms with Gasteiger partial charge in [-0.05, 0) is 75.9 Å². The number of methoxy groups -OCH3 is 3. The number of likely N-dealkylation sites (tertiary alicyclic amines) is 1. The first kappa shape index (κ1) is 25.1. The molecular formula is C26H32N2O6. The molecule has 0 unspecified atom stereocenters. The van der Waals surface area contributed by atoms with E-state index in [1.165, 1.54) is 12.0 Å². The number of aliphatic hydroxyl groups excluding tert-OH is 1. The van der Waals surface area contributed by atoms with E-state index in [1.807, 2.05) is 25.9 Å². The van der Waals surface area contributed by atoms with Crippen molar-refractivity contribution in [2.24, 2.45) is 0 Å². The Kier molecular flexibility index (Phi) is 7.83. The number of rotatable bonds is 9. The fourth-order valence-electron chi connectivity index (χ4n) is 4.23. The number of ether oxygens (including phenoxy) is 3. The number of Topliss-reactive ketones (excluding diaryl/α,β-unsaturated/α-hetero) is 1. The number of amides is 1. The van der Waals surface area contributed by atoms with Crippen molar-refractivity contribution in [1.29, 1.82) is 0 Å². The maximum Gasteiger partial charge on any atom is 0.295 e. The first-order valence-corrected chi connectivity index (χ1v) is 11.0. The van der Waals surface area contributed by atoms with Crippen LogP contribution < -0.4 is 14.2 Å². The van der Waals surface area contributed by atoms with Gasteiger partial charge in [-0.15, -0.1) is 0 Å². The first-order valence-electron chi connectivity index (χ1n) is 11.0. The van der Waals surface area contributed by atoms with Crippen molar-refractivity contribution < 1.29 is 28.9 Å². The number of benzene rings is 2. The number of carbonyl (C=O) groups is 2. The minimum absolute atomic E-state index is 0.0194. The van der Waals surface area contributed by atoms with E-state index in [4.69, 9.17) is 14.2 Å². The maximum atomic E-state index is 13.3. The lowest BCUT2D eigenvalue weighted by Crippen LogP contribution is -2.32. The second-order valence-corrected chi connectivity index (χ2v) is 8.44. The van der Waals surface area contributed by atoms with Crippen molar-refractivity contribution in [1.82, 2.24) is 9.80 Å². The molecule has 8 heteroatoms. The Morgan fingerprint density at radius 1 is 1.00 bits per heavy atom. The van der Waals surface area contributed by atoms with E-state index in [9.17, 15) is 14.7 Å². The van der Waals surface area contributed by atoms with E-state index < -0.39 is 17.7 Å². The molecule has 2 aromatic carbocycles. The van der Waals surface area contributed by atoms with Gasteiger partial charge in [0, 0.05) is 17.7 Å². The zero-order valence-corrected chi connectivity index (χ0v) is 20.5. The van der Waals surface area contributed by atoms with Crippen LogP contribution in [0.25, 0.3) is 5.76 Å². The molecule has 0 spiro atoms. The lowest BCUT2D eigenvalue weighted by Gasteiger charge is -2.27. The molecule has 3 rings (SSSR count). The predicted molar refractivity (Wildman–Crippen MR) is 129 cm³/mol. The molecule has 1 heterocycles.